The SMILES string of the molecule is COC(=O)[C@@H](CCCNC(=O)OCc1ccccc1)C(=O)N[C@H]1CCCN1C(=O)[C@H](/C=C/[C@H](CC(C)C)NC(=O)OC(C)(C)C)Cc1ccccc1. The molecule has 0 bridgehead atoms. The van der Waals surface area contributed by atoms with Crippen molar-refractivity contribution in [3.05, 3.63) is 83.9 Å². The van der Waals surface area contributed by atoms with Crippen LogP contribution in [0.15, 0.2) is 72.8 Å². The number of hydrogen-bond acceptors (Lipinski definition) is 8. The van der Waals surface area contributed by atoms with E-state index in [1.54, 1.807) is 25.7 Å². The molecule has 2 aromatic rings. The van der Waals surface area contributed by atoms with Crippen LogP contribution in [0.4, 0.5) is 9.59 Å². The Morgan fingerprint density at radius 3 is 2.19 bits per heavy atom. The molecule has 12 nitrogen and oxygen atoms in total. The van der Waals surface area contributed by atoms with Gasteiger partial charge in [-0.3, -0.25) is 14.4 Å². The van der Waals surface area contributed by atoms with E-state index in [4.69, 9.17) is 14.2 Å². The lowest BCUT2D eigenvalue weighted by molar-refractivity contribution is -0.151. The lowest BCUT2D eigenvalue weighted by atomic mass is 9.95. The molecule has 52 heavy (non-hydrogen) atoms. The molecule has 0 aromatic heterocycles. The number of methoxy groups -OCH3 is 1. The normalized spacial score (nSPS) is 16.1. The number of carbonyl (C=O) groups is 5. The Bertz CT molecular complexity index is 1480. The molecule has 2 aromatic carbocycles. The van der Waals surface area contributed by atoms with E-state index in [0.717, 1.165) is 11.1 Å². The molecule has 0 radical (unpaired) electrons. The van der Waals surface area contributed by atoms with Crippen LogP contribution in [0.2, 0.25) is 0 Å². The molecule has 4 amide bonds. The summed E-state index contributed by atoms with van der Waals surface area (Å²) in [6.45, 7) is 10.3. The number of nitrogens with zero attached hydrogens (tertiary/aromatic N) is 1. The van der Waals surface area contributed by atoms with Crippen LogP contribution in [-0.2, 0) is 41.6 Å². The van der Waals surface area contributed by atoms with E-state index in [0.29, 0.717) is 38.6 Å². The van der Waals surface area contributed by atoms with Gasteiger partial charge in [-0.05, 0) is 76.3 Å². The van der Waals surface area contributed by atoms with Crippen LogP contribution in [0.3, 0.4) is 0 Å². The van der Waals surface area contributed by atoms with Crippen LogP contribution in [0.25, 0.3) is 0 Å². The minimum absolute atomic E-state index is 0.124. The minimum Gasteiger partial charge on any atom is -0.468 e. The summed E-state index contributed by atoms with van der Waals surface area (Å²) in [5, 5.41) is 8.51. The largest absolute Gasteiger partial charge is 0.468 e. The average Bonchev–Trinajstić information content (AvgIpc) is 3.56. The number of nitrogens with one attached hydrogen (secondary N) is 3. The lowest BCUT2D eigenvalue weighted by Crippen LogP contribution is -2.51. The van der Waals surface area contributed by atoms with Crippen LogP contribution in [-0.4, -0.2) is 72.9 Å². The molecule has 3 N–H and O–H groups in total. The van der Waals surface area contributed by atoms with Crippen LogP contribution in [0, 0.1) is 17.8 Å². The quantitative estimate of drug-likeness (QED) is 0.0601. The maximum absolute atomic E-state index is 14.2. The van der Waals surface area contributed by atoms with Gasteiger partial charge in [-0.15, -0.1) is 0 Å². The predicted molar refractivity (Wildman–Crippen MR) is 198 cm³/mol. The fourth-order valence-corrected chi connectivity index (χ4v) is 5.95. The highest BCUT2D eigenvalue weighted by molar-refractivity contribution is 5.98. The van der Waals surface area contributed by atoms with Crippen molar-refractivity contribution < 1.29 is 38.2 Å². The number of alkyl carbamates (subject to hydrolysis) is 2. The molecule has 284 valence electrons. The number of amides is 4. The molecule has 0 aliphatic carbocycles. The summed E-state index contributed by atoms with van der Waals surface area (Å²) in [6, 6.07) is 18.6. The molecule has 1 aliphatic rings. The second kappa shape index (κ2) is 20.8. The molecule has 3 rings (SSSR count). The summed E-state index contributed by atoms with van der Waals surface area (Å²) < 4.78 is 15.6. The zero-order chi connectivity index (χ0) is 38.1. The van der Waals surface area contributed by atoms with Crippen molar-refractivity contribution in [2.24, 2.45) is 17.8 Å². The summed E-state index contributed by atoms with van der Waals surface area (Å²) >= 11 is 0. The Balaban J connectivity index is 1.67. The van der Waals surface area contributed by atoms with Crippen LogP contribution >= 0.6 is 0 Å². The highest BCUT2D eigenvalue weighted by Gasteiger charge is 2.36. The number of ether oxygens (including phenoxy) is 3. The smallest absolute Gasteiger partial charge is 0.408 e. The molecule has 12 heteroatoms. The van der Waals surface area contributed by atoms with Gasteiger partial charge in [0, 0.05) is 13.1 Å². The third kappa shape index (κ3) is 14.8. The van der Waals surface area contributed by atoms with Crippen molar-refractivity contribution in [2.75, 3.05) is 20.2 Å². The fraction of sp³-hybridized carbons (Fsp3) is 0.525. The summed E-state index contributed by atoms with van der Waals surface area (Å²) in [5.41, 5.74) is 1.17. The van der Waals surface area contributed by atoms with Crippen molar-refractivity contribution in [3.8, 4) is 0 Å². The summed E-state index contributed by atoms with van der Waals surface area (Å²) in [5.74, 6) is -2.86. The fourth-order valence-electron chi connectivity index (χ4n) is 5.95. The van der Waals surface area contributed by atoms with Gasteiger partial charge >= 0.3 is 18.2 Å². The Morgan fingerprint density at radius 2 is 1.58 bits per heavy atom. The molecular formula is C40H56N4O8. The van der Waals surface area contributed by atoms with Gasteiger partial charge in [0.15, 0.2) is 0 Å². The Labute approximate surface area is 308 Å². The van der Waals surface area contributed by atoms with Crippen LogP contribution in [0.5, 0.6) is 0 Å². The Morgan fingerprint density at radius 1 is 0.923 bits per heavy atom. The molecule has 1 aliphatic heterocycles. The minimum atomic E-state index is -1.12. The molecule has 1 saturated heterocycles. The maximum Gasteiger partial charge on any atom is 0.408 e. The number of likely N-dealkylation sites (tertiary alicyclic amines) is 1. The highest BCUT2D eigenvalue weighted by atomic mass is 16.6. The summed E-state index contributed by atoms with van der Waals surface area (Å²) in [6.07, 6.45) is 4.65. The Kier molecular flexibility index (Phi) is 16.7. The van der Waals surface area contributed by atoms with Gasteiger partial charge in [0.1, 0.15) is 24.3 Å². The van der Waals surface area contributed by atoms with Crippen LogP contribution < -0.4 is 16.0 Å². The summed E-state index contributed by atoms with van der Waals surface area (Å²) in [7, 11) is 1.22. The zero-order valence-electron chi connectivity index (χ0n) is 31.4. The van der Waals surface area contributed by atoms with Crippen LogP contribution in [0.1, 0.15) is 77.8 Å². The van der Waals surface area contributed by atoms with Gasteiger partial charge in [0.05, 0.1) is 19.1 Å². The van der Waals surface area contributed by atoms with Gasteiger partial charge in [-0.2, -0.15) is 0 Å². The van der Waals surface area contributed by atoms with Crippen molar-refractivity contribution in [3.63, 3.8) is 0 Å². The van der Waals surface area contributed by atoms with Crippen molar-refractivity contribution in [1.29, 1.82) is 0 Å². The van der Waals surface area contributed by atoms with Gasteiger partial charge in [0.25, 0.3) is 0 Å². The van der Waals surface area contributed by atoms with Crippen molar-refractivity contribution in [2.45, 2.75) is 97.6 Å². The first-order valence-corrected chi connectivity index (χ1v) is 18.1. The Hall–Kier alpha value is -4.87. The molecule has 1 fully saturated rings. The molecule has 1 heterocycles. The van der Waals surface area contributed by atoms with Gasteiger partial charge in [0.2, 0.25) is 11.8 Å². The second-order valence-electron chi connectivity index (χ2n) is 14.5. The maximum atomic E-state index is 14.2. The topological polar surface area (TPSA) is 152 Å². The van der Waals surface area contributed by atoms with E-state index in [9.17, 15) is 24.0 Å². The number of benzene rings is 2. The average molecular weight is 721 g/mol. The first-order chi connectivity index (χ1) is 24.8. The van der Waals surface area contributed by atoms with E-state index in [1.807, 2.05) is 72.8 Å². The molecular weight excluding hydrogens is 664 g/mol. The molecule has 4 atom stereocenters. The lowest BCUT2D eigenvalue weighted by Gasteiger charge is -2.30. The second-order valence-corrected chi connectivity index (χ2v) is 14.5. The predicted octanol–water partition coefficient (Wildman–Crippen LogP) is 5.90. The van der Waals surface area contributed by atoms with E-state index < -0.39 is 47.7 Å². The van der Waals surface area contributed by atoms with E-state index in [2.05, 4.69) is 29.8 Å². The zero-order valence-corrected chi connectivity index (χ0v) is 31.4. The van der Waals surface area contributed by atoms with E-state index in [-0.39, 0.29) is 37.4 Å². The van der Waals surface area contributed by atoms with Gasteiger partial charge in [-0.1, -0.05) is 86.7 Å². The number of rotatable bonds is 17. The standard InChI is InChI=1S/C40H56N4O8/c1-28(2)25-32(42-39(49)52-40(3,4)5)22-21-31(26-29-15-9-7-10-16-29)36(46)44-24-14-20-34(44)43-35(45)33(37(47)50-6)19-13-23-41-38(48)51-27-30-17-11-8-12-18-30/h7-12,15-18,21-22,28,31-34H,13-14,19-20,23-27H2,1-6H3,(H,41,48)(H,42,49)(H,43,45)/b22-21+/t31-,32-,33+,34-/m1/s1. The van der Waals surface area contributed by atoms with E-state index >= 15 is 0 Å². The first-order valence-electron chi connectivity index (χ1n) is 18.1. The highest BCUT2D eigenvalue weighted by Crippen LogP contribution is 2.23. The first kappa shape index (κ1) is 41.5. The molecule has 0 unspecified atom stereocenters. The van der Waals surface area contributed by atoms with E-state index in [1.165, 1.54) is 7.11 Å². The molecule has 0 spiro atoms. The third-order valence-corrected chi connectivity index (χ3v) is 8.42. The van der Waals surface area contributed by atoms with Crippen molar-refractivity contribution >= 4 is 30.0 Å². The van der Waals surface area contributed by atoms with Gasteiger partial charge in [-0.25, -0.2) is 9.59 Å². The van der Waals surface area contributed by atoms with Gasteiger partial charge < -0.3 is 35.1 Å². The number of esters is 1. The monoisotopic (exact) mass is 720 g/mol. The number of carbonyl (C=O) groups excluding carboxylic acids is 5. The summed E-state index contributed by atoms with van der Waals surface area (Å²) in [4.78, 5) is 66.9. The number of hydrogen-bond donors (Lipinski definition) is 3. The molecule has 0 saturated carbocycles. The third-order valence-electron chi connectivity index (χ3n) is 8.42. The van der Waals surface area contributed by atoms with Crippen molar-refractivity contribution in [1.82, 2.24) is 20.9 Å².